The summed E-state index contributed by atoms with van der Waals surface area (Å²) in [5.41, 5.74) is 1.48. The number of rotatable bonds is 7. The third-order valence-electron chi connectivity index (χ3n) is 3.02. The number of halogens is 1. The van der Waals surface area contributed by atoms with Gasteiger partial charge in [-0.25, -0.2) is 0 Å². The zero-order valence-electron chi connectivity index (χ0n) is 13.1. The molecule has 0 aliphatic rings. The maximum atomic E-state index is 11.9. The highest BCUT2D eigenvalue weighted by atomic mass is 35.5. The van der Waals surface area contributed by atoms with E-state index in [2.05, 4.69) is 20.7 Å². The highest BCUT2D eigenvalue weighted by molar-refractivity contribution is 7.80. The van der Waals surface area contributed by atoms with E-state index in [4.69, 9.17) is 23.8 Å². The predicted octanol–water partition coefficient (Wildman–Crippen LogP) is 2.00. The molecule has 0 fully saturated rings. The zero-order chi connectivity index (χ0) is 17.2. The van der Waals surface area contributed by atoms with E-state index in [9.17, 15) is 9.59 Å². The third-order valence-corrected chi connectivity index (χ3v) is 3.72. The molecule has 0 radical (unpaired) electrons. The van der Waals surface area contributed by atoms with Crippen LogP contribution in [0.4, 0.5) is 5.69 Å². The van der Waals surface area contributed by atoms with Crippen molar-refractivity contribution in [3.8, 4) is 0 Å². The van der Waals surface area contributed by atoms with Crippen molar-refractivity contribution < 1.29 is 14.3 Å². The predicted molar refractivity (Wildman–Crippen MR) is 94.7 cm³/mol. The second-order valence-corrected chi connectivity index (χ2v) is 5.57. The number of carbonyl (C=O) groups is 2. The molecule has 0 saturated heterocycles. The summed E-state index contributed by atoms with van der Waals surface area (Å²) in [6.07, 6.45) is 0.920. The number of methoxy groups -OCH3 is 1. The van der Waals surface area contributed by atoms with Gasteiger partial charge in [0.05, 0.1) is 13.7 Å². The van der Waals surface area contributed by atoms with E-state index in [0.717, 1.165) is 5.56 Å². The van der Waals surface area contributed by atoms with Gasteiger partial charge in [0.15, 0.2) is 5.11 Å². The summed E-state index contributed by atoms with van der Waals surface area (Å²) in [7, 11) is 1.35. The fourth-order valence-electron chi connectivity index (χ4n) is 1.70. The number of carbonyl (C=O) groups excluding carboxylic acids is 2. The third kappa shape index (κ3) is 7.30. The summed E-state index contributed by atoms with van der Waals surface area (Å²) in [6, 6.07) is 5.31. The van der Waals surface area contributed by atoms with Gasteiger partial charge in [-0.2, -0.15) is 0 Å². The Hall–Kier alpha value is -1.86. The fraction of sp³-hybridized carbons (Fsp3) is 0.400. The first kappa shape index (κ1) is 19.2. The van der Waals surface area contributed by atoms with Crippen LogP contribution in [0.25, 0.3) is 0 Å². The molecular weight excluding hydrogens is 338 g/mol. The number of hydrogen-bond donors (Lipinski definition) is 3. The van der Waals surface area contributed by atoms with E-state index in [1.807, 2.05) is 6.92 Å². The molecule has 126 valence electrons. The van der Waals surface area contributed by atoms with Crippen molar-refractivity contribution in [3.63, 3.8) is 0 Å². The summed E-state index contributed by atoms with van der Waals surface area (Å²) in [6.45, 7) is 2.39. The number of hydrogen-bond acceptors (Lipinski definition) is 4. The lowest BCUT2D eigenvalue weighted by Crippen LogP contribution is -2.40. The summed E-state index contributed by atoms with van der Waals surface area (Å²) in [4.78, 5) is 22.8. The van der Waals surface area contributed by atoms with Crippen molar-refractivity contribution >= 4 is 46.5 Å². The van der Waals surface area contributed by atoms with E-state index in [1.54, 1.807) is 18.2 Å². The largest absolute Gasteiger partial charge is 0.469 e. The van der Waals surface area contributed by atoms with Crippen molar-refractivity contribution in [1.29, 1.82) is 0 Å². The van der Waals surface area contributed by atoms with Crippen LogP contribution in [0.2, 0.25) is 5.02 Å². The minimum absolute atomic E-state index is 0.0365. The molecule has 0 heterocycles. The molecule has 0 spiro atoms. The van der Waals surface area contributed by atoms with Crippen LogP contribution in [0.5, 0.6) is 0 Å². The summed E-state index contributed by atoms with van der Waals surface area (Å²) in [5.74, 6) is -0.490. The summed E-state index contributed by atoms with van der Waals surface area (Å²) in [5, 5.41) is 9.42. The van der Waals surface area contributed by atoms with Crippen molar-refractivity contribution in [3.05, 3.63) is 28.8 Å². The molecule has 0 bridgehead atoms. The van der Waals surface area contributed by atoms with Crippen LogP contribution in [0.3, 0.4) is 0 Å². The van der Waals surface area contributed by atoms with Gasteiger partial charge in [-0.05, 0) is 43.3 Å². The number of ether oxygens (including phenoxy) is 1. The van der Waals surface area contributed by atoms with E-state index in [1.165, 1.54) is 7.11 Å². The molecule has 8 heteroatoms. The smallest absolute Gasteiger partial charge is 0.305 e. The molecule has 0 atom stereocenters. The second-order valence-electron chi connectivity index (χ2n) is 4.75. The Labute approximate surface area is 145 Å². The molecule has 1 aromatic rings. The molecule has 6 nitrogen and oxygen atoms in total. The van der Waals surface area contributed by atoms with E-state index in [0.29, 0.717) is 35.2 Å². The van der Waals surface area contributed by atoms with Gasteiger partial charge in [-0.15, -0.1) is 0 Å². The second kappa shape index (κ2) is 10.0. The zero-order valence-corrected chi connectivity index (χ0v) is 14.6. The number of nitrogens with one attached hydrogen (secondary N) is 3. The first-order chi connectivity index (χ1) is 10.9. The lowest BCUT2D eigenvalue weighted by Gasteiger charge is -2.12. The number of anilines is 1. The standard InChI is InChI=1S/C15H20ClN3O3S/c1-10-11(16)5-3-6-12(10)19-13(20)9-18-15(23)17-8-4-7-14(21)22-2/h3,5-6H,4,7-9H2,1-2H3,(H,19,20)(H2,17,18,23). The lowest BCUT2D eigenvalue weighted by atomic mass is 10.2. The first-order valence-corrected chi connectivity index (χ1v) is 7.86. The normalized spacial score (nSPS) is 9.87. The van der Waals surface area contributed by atoms with Crippen LogP contribution < -0.4 is 16.0 Å². The van der Waals surface area contributed by atoms with Gasteiger partial charge in [-0.3, -0.25) is 9.59 Å². The minimum Gasteiger partial charge on any atom is -0.469 e. The molecule has 23 heavy (non-hydrogen) atoms. The fourth-order valence-corrected chi connectivity index (χ4v) is 2.05. The van der Waals surface area contributed by atoms with Crippen molar-refractivity contribution in [1.82, 2.24) is 10.6 Å². The van der Waals surface area contributed by atoms with Gasteiger partial charge < -0.3 is 20.7 Å². The van der Waals surface area contributed by atoms with Gasteiger partial charge in [0.1, 0.15) is 0 Å². The van der Waals surface area contributed by atoms with Crippen LogP contribution in [0.15, 0.2) is 18.2 Å². The highest BCUT2D eigenvalue weighted by Gasteiger charge is 2.07. The highest BCUT2D eigenvalue weighted by Crippen LogP contribution is 2.22. The average Bonchev–Trinajstić information content (AvgIpc) is 2.53. The Balaban J connectivity index is 2.26. The van der Waals surface area contributed by atoms with Crippen molar-refractivity contribution in [2.24, 2.45) is 0 Å². The number of esters is 1. The van der Waals surface area contributed by atoms with Crippen LogP contribution in [0, 0.1) is 6.92 Å². The summed E-state index contributed by atoms with van der Waals surface area (Å²) >= 11 is 11.0. The SMILES string of the molecule is COC(=O)CCCNC(=S)NCC(=O)Nc1cccc(Cl)c1C. The van der Waals surface area contributed by atoms with Gasteiger partial charge in [0, 0.05) is 23.7 Å². The monoisotopic (exact) mass is 357 g/mol. The molecule has 0 aliphatic carbocycles. The Bertz CT molecular complexity index is 581. The van der Waals surface area contributed by atoms with Crippen LogP contribution in [0.1, 0.15) is 18.4 Å². The molecule has 1 amide bonds. The molecular formula is C15H20ClN3O3S. The van der Waals surface area contributed by atoms with Crippen molar-refractivity contribution in [2.45, 2.75) is 19.8 Å². The topological polar surface area (TPSA) is 79.5 Å². The van der Waals surface area contributed by atoms with Gasteiger partial charge in [-0.1, -0.05) is 17.7 Å². The van der Waals surface area contributed by atoms with E-state index < -0.39 is 0 Å². The quantitative estimate of drug-likeness (QED) is 0.393. The Morgan fingerprint density at radius 2 is 2.04 bits per heavy atom. The molecule has 0 aliphatic heterocycles. The number of amides is 1. The summed E-state index contributed by atoms with van der Waals surface area (Å²) < 4.78 is 4.53. The van der Waals surface area contributed by atoms with Gasteiger partial charge in [0.25, 0.3) is 0 Å². The maximum absolute atomic E-state index is 11.9. The molecule has 1 aromatic carbocycles. The first-order valence-electron chi connectivity index (χ1n) is 7.07. The Kier molecular flexibility index (Phi) is 8.36. The minimum atomic E-state index is -0.262. The molecule has 0 saturated carbocycles. The lowest BCUT2D eigenvalue weighted by molar-refractivity contribution is -0.140. The van der Waals surface area contributed by atoms with E-state index >= 15 is 0 Å². The Morgan fingerprint density at radius 1 is 1.30 bits per heavy atom. The molecule has 1 rings (SSSR count). The van der Waals surface area contributed by atoms with Crippen LogP contribution in [-0.4, -0.2) is 37.2 Å². The van der Waals surface area contributed by atoms with Crippen molar-refractivity contribution in [2.75, 3.05) is 25.5 Å². The number of thiocarbonyl (C=S) groups is 1. The number of benzene rings is 1. The Morgan fingerprint density at radius 3 is 2.74 bits per heavy atom. The maximum Gasteiger partial charge on any atom is 0.305 e. The van der Waals surface area contributed by atoms with Gasteiger partial charge in [0.2, 0.25) is 5.91 Å². The molecule has 0 aromatic heterocycles. The van der Waals surface area contributed by atoms with E-state index in [-0.39, 0.29) is 18.4 Å². The molecule has 0 unspecified atom stereocenters. The van der Waals surface area contributed by atoms with Gasteiger partial charge >= 0.3 is 5.97 Å². The van der Waals surface area contributed by atoms with Crippen LogP contribution in [-0.2, 0) is 14.3 Å². The van der Waals surface area contributed by atoms with Crippen LogP contribution >= 0.6 is 23.8 Å². The molecule has 3 N–H and O–H groups in total. The average molecular weight is 358 g/mol.